The lowest BCUT2D eigenvalue weighted by Gasteiger charge is -2.21. The molecule has 0 aromatic heterocycles. The van der Waals surface area contributed by atoms with E-state index < -0.39 is 23.2 Å². The van der Waals surface area contributed by atoms with Crippen LogP contribution in [0, 0.1) is 28.6 Å². The minimum atomic E-state index is -1.33. The van der Waals surface area contributed by atoms with Gasteiger partial charge in [0.15, 0.2) is 0 Å². The van der Waals surface area contributed by atoms with E-state index in [0.717, 1.165) is 0 Å². The largest absolute Gasteiger partial charge is 0.356 e. The van der Waals surface area contributed by atoms with Crippen LogP contribution in [0.4, 0.5) is 4.39 Å². The van der Waals surface area contributed by atoms with Crippen molar-refractivity contribution in [3.8, 4) is 6.07 Å². The summed E-state index contributed by atoms with van der Waals surface area (Å²) in [5.74, 6) is -1.01. The highest BCUT2D eigenvalue weighted by molar-refractivity contribution is 5.85. The standard InChI is InChI=1S/C15H21FN4O2/c1-14(2)11-10(19-7-15(11,14)16)13(22)20-9(6-17)5-8-3-4-18-12(8)21/h8-11,19H,3-5,7H2,1-2H3,(H,18,21)(H,20,22)/t8?,9?,10-,11?,15?/m0/s1. The molecular formula is C15H21FN4O2. The van der Waals surface area contributed by atoms with Gasteiger partial charge in [0.1, 0.15) is 11.7 Å². The molecule has 2 aliphatic heterocycles. The first-order valence-corrected chi connectivity index (χ1v) is 7.71. The van der Waals surface area contributed by atoms with Gasteiger partial charge in [0, 0.05) is 30.3 Å². The van der Waals surface area contributed by atoms with Gasteiger partial charge in [0.2, 0.25) is 11.8 Å². The predicted octanol–water partition coefficient (Wildman–Crippen LogP) is -0.143. The highest BCUT2D eigenvalue weighted by Crippen LogP contribution is 2.68. The molecule has 4 unspecified atom stereocenters. The second-order valence-electron chi connectivity index (χ2n) is 7.12. The Morgan fingerprint density at radius 3 is 2.82 bits per heavy atom. The Labute approximate surface area is 128 Å². The van der Waals surface area contributed by atoms with Gasteiger partial charge in [-0.3, -0.25) is 9.59 Å². The summed E-state index contributed by atoms with van der Waals surface area (Å²) in [5.41, 5.74) is -1.84. The number of amides is 2. The maximum Gasteiger partial charge on any atom is 0.238 e. The molecule has 120 valence electrons. The van der Waals surface area contributed by atoms with Crippen molar-refractivity contribution in [3.05, 3.63) is 0 Å². The molecule has 5 atom stereocenters. The summed E-state index contributed by atoms with van der Waals surface area (Å²) in [6, 6.07) is 0.703. The summed E-state index contributed by atoms with van der Waals surface area (Å²) in [6.45, 7) is 4.43. The molecule has 22 heavy (non-hydrogen) atoms. The van der Waals surface area contributed by atoms with Crippen LogP contribution in [-0.4, -0.2) is 42.7 Å². The summed E-state index contributed by atoms with van der Waals surface area (Å²) in [4.78, 5) is 23.9. The molecule has 2 heterocycles. The lowest BCUT2D eigenvalue weighted by Crippen LogP contribution is -2.48. The van der Waals surface area contributed by atoms with Crippen LogP contribution in [0.25, 0.3) is 0 Å². The van der Waals surface area contributed by atoms with Crippen LogP contribution in [0.1, 0.15) is 26.7 Å². The van der Waals surface area contributed by atoms with E-state index in [2.05, 4.69) is 16.0 Å². The third-order valence-electron chi connectivity index (χ3n) is 5.61. The number of fused-ring (bicyclic) bond motifs is 1. The topological polar surface area (TPSA) is 94.0 Å². The summed E-state index contributed by atoms with van der Waals surface area (Å²) in [7, 11) is 0. The molecule has 0 aromatic carbocycles. The van der Waals surface area contributed by atoms with Gasteiger partial charge in [-0.1, -0.05) is 13.8 Å². The number of halogens is 1. The molecule has 7 heteroatoms. The van der Waals surface area contributed by atoms with Crippen molar-refractivity contribution in [1.29, 1.82) is 5.26 Å². The number of nitrogens with zero attached hydrogens (tertiary/aromatic N) is 1. The van der Waals surface area contributed by atoms with E-state index in [1.54, 1.807) is 0 Å². The van der Waals surface area contributed by atoms with Gasteiger partial charge in [-0.25, -0.2) is 4.39 Å². The van der Waals surface area contributed by atoms with E-state index in [9.17, 15) is 19.2 Å². The molecule has 2 saturated heterocycles. The summed E-state index contributed by atoms with van der Waals surface area (Å²) >= 11 is 0. The number of piperidine rings is 1. The molecular weight excluding hydrogens is 287 g/mol. The molecule has 0 aromatic rings. The fourth-order valence-electron chi connectivity index (χ4n) is 4.04. The number of nitrogens with one attached hydrogen (secondary N) is 3. The minimum Gasteiger partial charge on any atom is -0.356 e. The molecule has 3 rings (SSSR count). The molecule has 0 radical (unpaired) electrons. The van der Waals surface area contributed by atoms with Gasteiger partial charge in [-0.05, 0) is 12.8 Å². The zero-order valence-corrected chi connectivity index (χ0v) is 12.8. The van der Waals surface area contributed by atoms with E-state index in [0.29, 0.717) is 19.4 Å². The number of rotatable bonds is 4. The number of carbonyl (C=O) groups excluding carboxylic acids is 2. The van der Waals surface area contributed by atoms with Crippen LogP contribution in [0.2, 0.25) is 0 Å². The van der Waals surface area contributed by atoms with Crippen LogP contribution in [0.5, 0.6) is 0 Å². The number of hydrogen-bond acceptors (Lipinski definition) is 4. The van der Waals surface area contributed by atoms with E-state index in [4.69, 9.17) is 0 Å². The van der Waals surface area contributed by atoms with Gasteiger partial charge in [-0.15, -0.1) is 0 Å². The first-order chi connectivity index (χ1) is 10.3. The second-order valence-corrected chi connectivity index (χ2v) is 7.12. The lowest BCUT2D eigenvalue weighted by molar-refractivity contribution is -0.125. The Kier molecular flexibility index (Phi) is 3.40. The van der Waals surface area contributed by atoms with E-state index in [1.165, 1.54) is 0 Å². The molecule has 0 bridgehead atoms. The smallest absolute Gasteiger partial charge is 0.238 e. The minimum absolute atomic E-state index is 0.0698. The normalized spacial score (nSPS) is 39.5. The first kappa shape index (κ1) is 15.2. The van der Waals surface area contributed by atoms with Crippen molar-refractivity contribution in [3.63, 3.8) is 0 Å². The third kappa shape index (κ3) is 2.09. The maximum atomic E-state index is 14.5. The molecule has 3 aliphatic rings. The highest BCUT2D eigenvalue weighted by Gasteiger charge is 2.79. The molecule has 3 fully saturated rings. The van der Waals surface area contributed by atoms with Gasteiger partial charge < -0.3 is 16.0 Å². The predicted molar refractivity (Wildman–Crippen MR) is 76.2 cm³/mol. The van der Waals surface area contributed by atoms with Crippen LogP contribution in [0.15, 0.2) is 0 Å². The second kappa shape index (κ2) is 4.92. The summed E-state index contributed by atoms with van der Waals surface area (Å²) in [5, 5.41) is 17.5. The number of nitriles is 1. The molecule has 1 saturated carbocycles. The molecule has 0 spiro atoms. The van der Waals surface area contributed by atoms with E-state index >= 15 is 0 Å². The fourth-order valence-corrected chi connectivity index (χ4v) is 4.04. The average molecular weight is 308 g/mol. The zero-order valence-electron chi connectivity index (χ0n) is 12.8. The van der Waals surface area contributed by atoms with Crippen molar-refractivity contribution in [1.82, 2.24) is 16.0 Å². The van der Waals surface area contributed by atoms with E-state index in [1.807, 2.05) is 19.9 Å². The Bertz CT molecular complexity index is 558. The Morgan fingerprint density at radius 1 is 1.59 bits per heavy atom. The highest BCUT2D eigenvalue weighted by atomic mass is 19.1. The van der Waals surface area contributed by atoms with Crippen molar-refractivity contribution >= 4 is 11.8 Å². The molecule has 3 N–H and O–H groups in total. The maximum absolute atomic E-state index is 14.5. The monoisotopic (exact) mass is 308 g/mol. The Morgan fingerprint density at radius 2 is 2.32 bits per heavy atom. The number of carbonyl (C=O) groups is 2. The lowest BCUT2D eigenvalue weighted by atomic mass is 9.98. The van der Waals surface area contributed by atoms with Gasteiger partial charge in [-0.2, -0.15) is 5.26 Å². The quantitative estimate of drug-likeness (QED) is 0.673. The Balaban J connectivity index is 1.59. The molecule has 6 nitrogen and oxygen atoms in total. The fraction of sp³-hybridized carbons (Fsp3) is 0.800. The van der Waals surface area contributed by atoms with Crippen LogP contribution in [0.3, 0.4) is 0 Å². The van der Waals surface area contributed by atoms with Gasteiger partial charge in [0.05, 0.1) is 12.1 Å². The summed E-state index contributed by atoms with van der Waals surface area (Å²) < 4.78 is 14.5. The average Bonchev–Trinajstić information content (AvgIpc) is 2.86. The van der Waals surface area contributed by atoms with Crippen molar-refractivity contribution < 1.29 is 14.0 Å². The first-order valence-electron chi connectivity index (χ1n) is 7.71. The Hall–Kier alpha value is -1.68. The van der Waals surface area contributed by atoms with E-state index in [-0.39, 0.29) is 30.2 Å². The van der Waals surface area contributed by atoms with Crippen LogP contribution < -0.4 is 16.0 Å². The van der Waals surface area contributed by atoms with Crippen LogP contribution >= 0.6 is 0 Å². The number of hydrogen-bond donors (Lipinski definition) is 3. The molecule has 2 amide bonds. The van der Waals surface area contributed by atoms with Gasteiger partial charge >= 0.3 is 0 Å². The van der Waals surface area contributed by atoms with Crippen molar-refractivity contribution in [2.45, 2.75) is 44.4 Å². The zero-order chi connectivity index (χ0) is 16.1. The number of alkyl halides is 1. The third-order valence-corrected chi connectivity index (χ3v) is 5.61. The molecule has 1 aliphatic carbocycles. The summed E-state index contributed by atoms with van der Waals surface area (Å²) in [6.07, 6.45) is 0.980. The van der Waals surface area contributed by atoms with Gasteiger partial charge in [0.25, 0.3) is 0 Å². The SMILES string of the molecule is CC1(C)C2[C@@H](C(=O)NC(C#N)CC3CCNC3=O)NCC21F. The van der Waals surface area contributed by atoms with Crippen LogP contribution in [-0.2, 0) is 9.59 Å². The van der Waals surface area contributed by atoms with Crippen molar-refractivity contribution in [2.24, 2.45) is 17.3 Å². The van der Waals surface area contributed by atoms with Crippen molar-refractivity contribution in [2.75, 3.05) is 13.1 Å².